The molecule has 0 saturated carbocycles. The number of hydrogen-bond acceptors (Lipinski definition) is 3. The summed E-state index contributed by atoms with van der Waals surface area (Å²) in [6.45, 7) is 2.80. The van der Waals surface area contributed by atoms with E-state index in [1.165, 1.54) is 0 Å². The van der Waals surface area contributed by atoms with Gasteiger partial charge in [0.15, 0.2) is 0 Å². The lowest BCUT2D eigenvalue weighted by Gasteiger charge is -2.36. The number of hydrogen-bond donors (Lipinski definition) is 2. The van der Waals surface area contributed by atoms with Crippen molar-refractivity contribution in [3.05, 3.63) is 24.2 Å². The Bertz CT molecular complexity index is 389. The molecule has 2 amide bonds. The second-order valence-electron chi connectivity index (χ2n) is 5.04. The van der Waals surface area contributed by atoms with Gasteiger partial charge in [0.1, 0.15) is 5.76 Å². The standard InChI is InChI=1S/C14H22N2O3/c1-11(13-6-4-10-19-13)15-14(18)16-8-3-2-5-12(16)7-9-17/h4,6,10-12,17H,2-3,5,7-9H2,1H3,(H,15,18). The van der Waals surface area contributed by atoms with E-state index in [1.54, 1.807) is 6.26 Å². The third-order valence-electron chi connectivity index (χ3n) is 3.66. The number of nitrogens with one attached hydrogen (secondary N) is 1. The maximum atomic E-state index is 12.3. The van der Waals surface area contributed by atoms with E-state index in [2.05, 4.69) is 5.32 Å². The Morgan fingerprint density at radius 2 is 2.47 bits per heavy atom. The second kappa shape index (κ2) is 6.61. The topological polar surface area (TPSA) is 65.7 Å². The van der Waals surface area contributed by atoms with Gasteiger partial charge in [-0.05, 0) is 44.7 Å². The molecule has 1 aliphatic heterocycles. The van der Waals surface area contributed by atoms with Crippen molar-refractivity contribution in [3.63, 3.8) is 0 Å². The van der Waals surface area contributed by atoms with Gasteiger partial charge >= 0.3 is 6.03 Å². The molecule has 1 aromatic heterocycles. The fourth-order valence-electron chi connectivity index (χ4n) is 2.59. The van der Waals surface area contributed by atoms with Crippen LogP contribution in [0.3, 0.4) is 0 Å². The molecule has 0 aromatic carbocycles. The van der Waals surface area contributed by atoms with E-state index in [-0.39, 0.29) is 24.7 Å². The summed E-state index contributed by atoms with van der Waals surface area (Å²) in [5.74, 6) is 0.754. The minimum Gasteiger partial charge on any atom is -0.467 e. The van der Waals surface area contributed by atoms with Crippen LogP contribution in [-0.2, 0) is 0 Å². The van der Waals surface area contributed by atoms with Crippen LogP contribution in [0.25, 0.3) is 0 Å². The quantitative estimate of drug-likeness (QED) is 0.878. The molecule has 1 aromatic rings. The molecule has 0 aliphatic carbocycles. The molecule has 0 bridgehead atoms. The fourth-order valence-corrected chi connectivity index (χ4v) is 2.59. The molecule has 0 spiro atoms. The predicted molar refractivity (Wildman–Crippen MR) is 71.7 cm³/mol. The van der Waals surface area contributed by atoms with Gasteiger partial charge in [-0.2, -0.15) is 0 Å². The number of piperidine rings is 1. The van der Waals surface area contributed by atoms with Crippen LogP contribution < -0.4 is 5.32 Å². The highest BCUT2D eigenvalue weighted by Crippen LogP contribution is 2.21. The number of amides is 2. The SMILES string of the molecule is CC(NC(=O)N1CCCCC1CCO)c1ccco1. The third kappa shape index (κ3) is 3.50. The fraction of sp³-hybridized carbons (Fsp3) is 0.643. The van der Waals surface area contributed by atoms with Gasteiger partial charge in [-0.1, -0.05) is 0 Å². The maximum Gasteiger partial charge on any atom is 0.318 e. The summed E-state index contributed by atoms with van der Waals surface area (Å²) < 4.78 is 5.28. The lowest BCUT2D eigenvalue weighted by atomic mass is 10.00. The first-order chi connectivity index (χ1) is 9.22. The first-order valence-corrected chi connectivity index (χ1v) is 6.93. The van der Waals surface area contributed by atoms with E-state index >= 15 is 0 Å². The van der Waals surface area contributed by atoms with Crippen molar-refractivity contribution in [2.75, 3.05) is 13.2 Å². The Morgan fingerprint density at radius 1 is 1.63 bits per heavy atom. The van der Waals surface area contributed by atoms with Crippen LogP contribution in [0.4, 0.5) is 4.79 Å². The van der Waals surface area contributed by atoms with Crippen molar-refractivity contribution in [2.24, 2.45) is 0 Å². The van der Waals surface area contributed by atoms with Gasteiger partial charge < -0.3 is 19.7 Å². The summed E-state index contributed by atoms with van der Waals surface area (Å²) in [5, 5.41) is 12.0. The highest BCUT2D eigenvalue weighted by Gasteiger charge is 2.27. The lowest BCUT2D eigenvalue weighted by molar-refractivity contribution is 0.129. The zero-order valence-corrected chi connectivity index (χ0v) is 11.3. The number of aliphatic hydroxyl groups is 1. The van der Waals surface area contributed by atoms with Crippen LogP contribution >= 0.6 is 0 Å². The molecule has 2 N–H and O–H groups in total. The van der Waals surface area contributed by atoms with Gasteiger partial charge in [-0.25, -0.2) is 4.79 Å². The van der Waals surface area contributed by atoms with Gasteiger partial charge in [0.25, 0.3) is 0 Å². The molecule has 1 aliphatic rings. The molecule has 2 unspecified atom stereocenters. The normalized spacial score (nSPS) is 21.2. The van der Waals surface area contributed by atoms with Crippen LogP contribution in [0, 0.1) is 0 Å². The largest absolute Gasteiger partial charge is 0.467 e. The maximum absolute atomic E-state index is 12.3. The van der Waals surface area contributed by atoms with Gasteiger partial charge in [-0.3, -0.25) is 0 Å². The van der Waals surface area contributed by atoms with Crippen LogP contribution in [0.2, 0.25) is 0 Å². The Morgan fingerprint density at radius 3 is 3.16 bits per heavy atom. The minimum atomic E-state index is -0.140. The van der Waals surface area contributed by atoms with Crippen molar-refractivity contribution in [1.82, 2.24) is 10.2 Å². The Hall–Kier alpha value is -1.49. The number of likely N-dealkylation sites (tertiary alicyclic amines) is 1. The molecule has 5 nitrogen and oxygen atoms in total. The van der Waals surface area contributed by atoms with E-state index < -0.39 is 0 Å². The Labute approximate surface area is 113 Å². The number of carbonyl (C=O) groups is 1. The van der Waals surface area contributed by atoms with Gasteiger partial charge in [0.2, 0.25) is 0 Å². The van der Waals surface area contributed by atoms with E-state index in [0.29, 0.717) is 6.42 Å². The molecule has 2 atom stereocenters. The number of rotatable bonds is 4. The van der Waals surface area contributed by atoms with Crippen molar-refractivity contribution < 1.29 is 14.3 Å². The number of urea groups is 1. The lowest BCUT2D eigenvalue weighted by Crippen LogP contribution is -2.49. The first kappa shape index (κ1) is 13.9. The van der Waals surface area contributed by atoms with E-state index in [9.17, 15) is 4.79 Å². The molecule has 106 valence electrons. The highest BCUT2D eigenvalue weighted by atomic mass is 16.3. The van der Waals surface area contributed by atoms with Crippen LogP contribution in [0.5, 0.6) is 0 Å². The summed E-state index contributed by atoms with van der Waals surface area (Å²) in [5.41, 5.74) is 0. The van der Waals surface area contributed by atoms with Gasteiger partial charge in [0.05, 0.1) is 12.3 Å². The van der Waals surface area contributed by atoms with Gasteiger partial charge in [0, 0.05) is 19.2 Å². The highest BCUT2D eigenvalue weighted by molar-refractivity contribution is 5.75. The molecule has 2 heterocycles. The molecule has 5 heteroatoms. The molecule has 1 fully saturated rings. The Balaban J connectivity index is 1.93. The number of furan rings is 1. The van der Waals surface area contributed by atoms with Crippen LogP contribution in [0.15, 0.2) is 22.8 Å². The van der Waals surface area contributed by atoms with E-state index in [1.807, 2.05) is 24.0 Å². The molecular weight excluding hydrogens is 244 g/mol. The van der Waals surface area contributed by atoms with E-state index in [0.717, 1.165) is 31.6 Å². The number of aliphatic hydroxyl groups excluding tert-OH is 1. The summed E-state index contributed by atoms with van der Waals surface area (Å²) in [7, 11) is 0. The summed E-state index contributed by atoms with van der Waals surface area (Å²) in [6.07, 6.45) is 5.39. The van der Waals surface area contributed by atoms with Gasteiger partial charge in [-0.15, -0.1) is 0 Å². The average Bonchev–Trinajstić information content (AvgIpc) is 2.93. The number of nitrogens with zero attached hydrogens (tertiary/aromatic N) is 1. The third-order valence-corrected chi connectivity index (χ3v) is 3.66. The van der Waals surface area contributed by atoms with Crippen LogP contribution in [0.1, 0.15) is 44.4 Å². The number of carbonyl (C=O) groups excluding carboxylic acids is 1. The summed E-state index contributed by atoms with van der Waals surface area (Å²) >= 11 is 0. The van der Waals surface area contributed by atoms with Crippen molar-refractivity contribution >= 4 is 6.03 Å². The monoisotopic (exact) mass is 266 g/mol. The molecule has 0 radical (unpaired) electrons. The Kier molecular flexibility index (Phi) is 4.85. The zero-order valence-electron chi connectivity index (χ0n) is 11.3. The zero-order chi connectivity index (χ0) is 13.7. The second-order valence-corrected chi connectivity index (χ2v) is 5.04. The van der Waals surface area contributed by atoms with E-state index in [4.69, 9.17) is 9.52 Å². The summed E-state index contributed by atoms with van der Waals surface area (Å²) in [6, 6.07) is 3.61. The first-order valence-electron chi connectivity index (χ1n) is 6.93. The minimum absolute atomic E-state index is 0.0675. The molecule has 19 heavy (non-hydrogen) atoms. The average molecular weight is 266 g/mol. The van der Waals surface area contributed by atoms with Crippen molar-refractivity contribution in [1.29, 1.82) is 0 Å². The molecule has 1 saturated heterocycles. The predicted octanol–water partition coefficient (Wildman–Crippen LogP) is 2.29. The van der Waals surface area contributed by atoms with Crippen molar-refractivity contribution in [2.45, 2.75) is 44.7 Å². The summed E-state index contributed by atoms with van der Waals surface area (Å²) in [4.78, 5) is 14.1. The molecule has 2 rings (SSSR count). The van der Waals surface area contributed by atoms with Crippen LogP contribution in [-0.4, -0.2) is 35.2 Å². The molecular formula is C14H22N2O3. The van der Waals surface area contributed by atoms with Crippen molar-refractivity contribution in [3.8, 4) is 0 Å². The smallest absolute Gasteiger partial charge is 0.318 e.